The van der Waals surface area contributed by atoms with E-state index in [9.17, 15) is 0 Å². The number of nitrogens with zero attached hydrogens (tertiary/aromatic N) is 8. The Morgan fingerprint density at radius 2 is 1.00 bits per heavy atom. The van der Waals surface area contributed by atoms with E-state index in [1.54, 1.807) is 0 Å². The molecule has 0 aromatic carbocycles. The van der Waals surface area contributed by atoms with Crippen LogP contribution < -0.4 is 11.0 Å². The van der Waals surface area contributed by atoms with Crippen LogP contribution in [0.1, 0.15) is 0 Å². The zero-order valence-corrected chi connectivity index (χ0v) is 12.9. The highest BCUT2D eigenvalue weighted by Crippen LogP contribution is 2.26. The highest BCUT2D eigenvalue weighted by molar-refractivity contribution is 6.16. The predicted molar refractivity (Wildman–Crippen MR) is 93.9 cm³/mol. The van der Waals surface area contributed by atoms with Gasteiger partial charge in [0.15, 0.2) is 23.3 Å². The molecule has 8 nitrogen and oxygen atoms in total. The number of fused-ring (bicyclic) bond motifs is 2. The van der Waals surface area contributed by atoms with Gasteiger partial charge in [-0.15, -0.1) is 0 Å². The van der Waals surface area contributed by atoms with Gasteiger partial charge in [0, 0.05) is 0 Å². The predicted octanol–water partition coefficient (Wildman–Crippen LogP) is 1.06. The average Bonchev–Trinajstić information content (AvgIpc) is 3.37. The summed E-state index contributed by atoms with van der Waals surface area (Å²) >= 11 is 0. The van der Waals surface area contributed by atoms with Gasteiger partial charge in [0.05, 0.1) is 0 Å². The molecular formula is C17H10N8. The van der Waals surface area contributed by atoms with Crippen LogP contribution in [0, 0.1) is 0 Å². The Labute approximate surface area is 141 Å². The number of rotatable bonds is 0. The van der Waals surface area contributed by atoms with E-state index >= 15 is 0 Å². The first-order valence-corrected chi connectivity index (χ1v) is 7.85. The first-order chi connectivity index (χ1) is 12.3. The van der Waals surface area contributed by atoms with Crippen molar-refractivity contribution >= 4 is 35.0 Å². The summed E-state index contributed by atoms with van der Waals surface area (Å²) in [6.07, 6.45) is 7.44. The fourth-order valence-corrected chi connectivity index (χ4v) is 3.11. The molecule has 118 valence electrons. The number of aliphatic imine (C=N–C) groups is 4. The lowest BCUT2D eigenvalue weighted by molar-refractivity contribution is 0.579. The van der Waals surface area contributed by atoms with Crippen molar-refractivity contribution in [3.8, 4) is 0 Å². The second kappa shape index (κ2) is 4.44. The maximum atomic E-state index is 4.63. The zero-order chi connectivity index (χ0) is 16.4. The van der Waals surface area contributed by atoms with Crippen LogP contribution in [0.25, 0.3) is 0 Å². The largest absolute Gasteiger partial charge is 0.292 e. The summed E-state index contributed by atoms with van der Waals surface area (Å²) in [5.74, 6) is 4.10. The minimum atomic E-state index is 0.510. The molecule has 2 aromatic rings. The molecule has 6 heterocycles. The van der Waals surface area contributed by atoms with Crippen molar-refractivity contribution in [3.05, 3.63) is 59.5 Å². The molecule has 4 aliphatic rings. The molecule has 0 radical (unpaired) electrons. The van der Waals surface area contributed by atoms with Crippen LogP contribution in [0.15, 0.2) is 78.5 Å². The van der Waals surface area contributed by atoms with Gasteiger partial charge in [0.1, 0.15) is 29.3 Å². The van der Waals surface area contributed by atoms with E-state index in [0.29, 0.717) is 30.0 Å². The summed E-state index contributed by atoms with van der Waals surface area (Å²) in [7, 11) is 0. The van der Waals surface area contributed by atoms with Gasteiger partial charge in [-0.2, -0.15) is 0 Å². The van der Waals surface area contributed by atoms with Crippen molar-refractivity contribution in [3.63, 3.8) is 0 Å². The minimum Gasteiger partial charge on any atom is -0.292 e. The van der Waals surface area contributed by atoms with E-state index in [-0.39, 0.29) is 0 Å². The molecule has 6 rings (SSSR count). The summed E-state index contributed by atoms with van der Waals surface area (Å²) in [4.78, 5) is 27.4. The lowest BCUT2D eigenvalue weighted by atomic mass is 10.5. The number of hydrogen-bond acceptors (Lipinski definition) is 6. The Morgan fingerprint density at radius 1 is 0.520 bits per heavy atom. The van der Waals surface area contributed by atoms with E-state index in [1.165, 1.54) is 0 Å². The van der Waals surface area contributed by atoms with Crippen LogP contribution in [0.2, 0.25) is 0 Å². The van der Waals surface area contributed by atoms with E-state index in [2.05, 4.69) is 30.0 Å². The molecule has 0 N–H and O–H groups in total. The Bertz CT molecular complexity index is 1160. The smallest absolute Gasteiger partial charge is 0.156 e. The normalized spacial score (nSPS) is 25.6. The maximum Gasteiger partial charge on any atom is 0.156 e. The van der Waals surface area contributed by atoms with E-state index in [1.807, 2.05) is 57.7 Å². The van der Waals surface area contributed by atoms with Crippen LogP contribution in [-0.4, -0.2) is 32.5 Å². The fraction of sp³-hybridized carbons (Fsp3) is 0.0588. The molecule has 0 saturated carbocycles. The van der Waals surface area contributed by atoms with Crippen molar-refractivity contribution in [2.45, 2.75) is 6.67 Å². The third kappa shape index (κ3) is 1.87. The van der Waals surface area contributed by atoms with Gasteiger partial charge in [-0.25, -0.2) is 30.0 Å². The lowest BCUT2D eigenvalue weighted by Gasteiger charge is -2.12. The summed E-state index contributed by atoms with van der Waals surface area (Å²) < 4.78 is 4.02. The number of hydrogen-bond donors (Lipinski definition) is 0. The molecule has 0 aliphatic carbocycles. The van der Waals surface area contributed by atoms with Gasteiger partial charge in [-0.3, -0.25) is 9.13 Å². The monoisotopic (exact) mass is 326 g/mol. The van der Waals surface area contributed by atoms with Crippen LogP contribution in [-0.2, 0) is 6.67 Å². The topological polar surface area (TPSA) is 84.0 Å². The Hall–Kier alpha value is -3.68. The molecule has 6 bridgehead atoms. The van der Waals surface area contributed by atoms with Gasteiger partial charge < -0.3 is 0 Å². The molecule has 0 amide bonds. The summed E-state index contributed by atoms with van der Waals surface area (Å²) in [6.45, 7) is 0.510. The second-order valence-electron chi connectivity index (χ2n) is 5.87. The third-order valence-electron chi connectivity index (χ3n) is 4.29. The summed E-state index contributed by atoms with van der Waals surface area (Å²) in [5.41, 5.74) is 1.56. The average molecular weight is 326 g/mol. The van der Waals surface area contributed by atoms with Crippen LogP contribution in [0.5, 0.6) is 0 Å². The van der Waals surface area contributed by atoms with Crippen LogP contribution in [0.4, 0.5) is 11.6 Å². The molecule has 2 aromatic heterocycles. The SMILES string of the molecule is C1=C/C2=N/c3ccc4n3Cn3/c(cc/c3=N/C3=NC(=N\4)/C=C3)=N\C1=N2. The van der Waals surface area contributed by atoms with Crippen LogP contribution >= 0.6 is 0 Å². The fourth-order valence-electron chi connectivity index (χ4n) is 3.11. The van der Waals surface area contributed by atoms with Crippen molar-refractivity contribution in [2.75, 3.05) is 0 Å². The van der Waals surface area contributed by atoms with E-state index in [0.717, 1.165) is 22.6 Å². The van der Waals surface area contributed by atoms with Crippen molar-refractivity contribution in [1.82, 2.24) is 9.13 Å². The van der Waals surface area contributed by atoms with Crippen LogP contribution in [0.3, 0.4) is 0 Å². The van der Waals surface area contributed by atoms with Crippen molar-refractivity contribution < 1.29 is 0 Å². The lowest BCUT2D eigenvalue weighted by Crippen LogP contribution is -2.31. The summed E-state index contributed by atoms with van der Waals surface area (Å²) in [5, 5.41) is 0. The van der Waals surface area contributed by atoms with Gasteiger partial charge in [-0.05, 0) is 48.6 Å². The molecular weight excluding hydrogens is 316 g/mol. The summed E-state index contributed by atoms with van der Waals surface area (Å²) in [6, 6.07) is 7.75. The molecule has 0 spiro atoms. The highest BCUT2D eigenvalue weighted by atomic mass is 15.3. The quantitative estimate of drug-likeness (QED) is 0.693. The van der Waals surface area contributed by atoms with Gasteiger partial charge in [0.2, 0.25) is 0 Å². The molecule has 0 atom stereocenters. The first kappa shape index (κ1) is 12.7. The van der Waals surface area contributed by atoms with E-state index < -0.39 is 0 Å². The Morgan fingerprint density at radius 3 is 1.52 bits per heavy atom. The third-order valence-corrected chi connectivity index (χ3v) is 4.29. The molecule has 4 aliphatic heterocycles. The minimum absolute atomic E-state index is 0.510. The molecule has 0 fully saturated rings. The molecule has 8 heteroatoms. The van der Waals surface area contributed by atoms with Crippen molar-refractivity contribution in [1.29, 1.82) is 0 Å². The molecule has 0 saturated heterocycles. The van der Waals surface area contributed by atoms with Gasteiger partial charge in [-0.1, -0.05) is 0 Å². The first-order valence-electron chi connectivity index (χ1n) is 7.85. The zero-order valence-electron chi connectivity index (χ0n) is 12.9. The standard InChI is InChI=1S/C17H10N8/c1-2-11-18-10(1)20-14-5-6-16-22-12-3-4-13(19-12)23-17-8-7-15(21-11)25(17)9-24(14)16/h1-8H,9H2/b20-10-,20-14?,21-11?,21-15-,22-12-,22-16?,23-13?,23-17-. The number of aromatic nitrogens is 2. The van der Waals surface area contributed by atoms with E-state index in [4.69, 9.17) is 0 Å². The van der Waals surface area contributed by atoms with Gasteiger partial charge >= 0.3 is 0 Å². The number of amidine groups is 4. The van der Waals surface area contributed by atoms with Gasteiger partial charge in [0.25, 0.3) is 0 Å². The van der Waals surface area contributed by atoms with Crippen molar-refractivity contribution in [2.24, 2.45) is 30.0 Å². The second-order valence-corrected chi connectivity index (χ2v) is 5.87. The molecule has 0 unspecified atom stereocenters. The Kier molecular flexibility index (Phi) is 2.26. The Balaban J connectivity index is 1.79. The molecule has 25 heavy (non-hydrogen) atoms. The maximum absolute atomic E-state index is 4.63. The highest BCUT2D eigenvalue weighted by Gasteiger charge is 2.16.